The summed E-state index contributed by atoms with van der Waals surface area (Å²) in [5.74, 6) is 0.229. The number of nitrogens with zero attached hydrogens (tertiary/aromatic N) is 2. The SMILES string of the molecule is Cn1cc(C(=O)N2CCC[C@@H](CCc3ccc(F)cc3)C2)ccc1=O. The maximum atomic E-state index is 13.0. The summed E-state index contributed by atoms with van der Waals surface area (Å²) in [5.41, 5.74) is 1.57. The Labute approximate surface area is 146 Å². The third-order valence-corrected chi connectivity index (χ3v) is 4.89. The first kappa shape index (κ1) is 17.4. The van der Waals surface area contributed by atoms with Crippen LogP contribution in [0.25, 0.3) is 0 Å². The summed E-state index contributed by atoms with van der Waals surface area (Å²) in [5, 5.41) is 0. The van der Waals surface area contributed by atoms with Gasteiger partial charge in [0.1, 0.15) is 5.82 Å². The van der Waals surface area contributed by atoms with Gasteiger partial charge in [0.05, 0.1) is 5.56 Å². The molecule has 0 spiro atoms. The molecule has 1 atom stereocenters. The molecular formula is C20H23FN2O2. The molecule has 1 amide bonds. The Morgan fingerprint density at radius 1 is 1.20 bits per heavy atom. The van der Waals surface area contributed by atoms with E-state index in [1.807, 2.05) is 17.0 Å². The second-order valence-corrected chi connectivity index (χ2v) is 6.79. The summed E-state index contributed by atoms with van der Waals surface area (Å²) in [6.07, 6.45) is 5.59. The molecule has 0 bridgehead atoms. The van der Waals surface area contributed by atoms with Crippen LogP contribution in [0.4, 0.5) is 4.39 Å². The molecule has 0 radical (unpaired) electrons. The van der Waals surface area contributed by atoms with Gasteiger partial charge in [0, 0.05) is 32.4 Å². The smallest absolute Gasteiger partial charge is 0.255 e. The highest BCUT2D eigenvalue weighted by Gasteiger charge is 2.24. The number of carbonyl (C=O) groups is 1. The number of aryl methyl sites for hydroxylation is 2. The van der Waals surface area contributed by atoms with Crippen molar-refractivity contribution in [2.45, 2.75) is 25.7 Å². The second-order valence-electron chi connectivity index (χ2n) is 6.79. The van der Waals surface area contributed by atoms with Gasteiger partial charge in [-0.05, 0) is 55.4 Å². The first-order valence-electron chi connectivity index (χ1n) is 8.73. The predicted octanol–water partition coefficient (Wildman–Crippen LogP) is 3.01. The molecule has 25 heavy (non-hydrogen) atoms. The van der Waals surface area contributed by atoms with E-state index in [0.717, 1.165) is 44.3 Å². The maximum Gasteiger partial charge on any atom is 0.255 e. The molecule has 2 heterocycles. The van der Waals surface area contributed by atoms with Crippen LogP contribution in [-0.4, -0.2) is 28.5 Å². The Morgan fingerprint density at radius 3 is 2.68 bits per heavy atom. The molecule has 3 rings (SSSR count). The minimum atomic E-state index is -0.213. The zero-order valence-electron chi connectivity index (χ0n) is 14.5. The number of hydrogen-bond acceptors (Lipinski definition) is 2. The Morgan fingerprint density at radius 2 is 1.96 bits per heavy atom. The predicted molar refractivity (Wildman–Crippen MR) is 95.0 cm³/mol. The van der Waals surface area contributed by atoms with E-state index in [1.54, 1.807) is 19.3 Å². The number of rotatable bonds is 4. The molecule has 4 nitrogen and oxygen atoms in total. The summed E-state index contributed by atoms with van der Waals surface area (Å²) >= 11 is 0. The van der Waals surface area contributed by atoms with Gasteiger partial charge in [0.25, 0.3) is 5.91 Å². The molecule has 1 fully saturated rings. The monoisotopic (exact) mass is 342 g/mol. The third-order valence-electron chi connectivity index (χ3n) is 4.89. The Hall–Kier alpha value is -2.43. The van der Waals surface area contributed by atoms with E-state index in [1.165, 1.54) is 22.8 Å². The summed E-state index contributed by atoms with van der Waals surface area (Å²) in [7, 11) is 1.65. The molecule has 1 aromatic carbocycles. The van der Waals surface area contributed by atoms with Crippen molar-refractivity contribution in [3.8, 4) is 0 Å². The van der Waals surface area contributed by atoms with Crippen LogP contribution in [0.2, 0.25) is 0 Å². The number of benzene rings is 1. The highest BCUT2D eigenvalue weighted by Crippen LogP contribution is 2.23. The molecule has 0 N–H and O–H groups in total. The number of aromatic nitrogens is 1. The Kier molecular flexibility index (Phi) is 5.31. The molecule has 0 saturated carbocycles. The van der Waals surface area contributed by atoms with Crippen LogP contribution in [0.15, 0.2) is 47.4 Å². The van der Waals surface area contributed by atoms with Crippen LogP contribution in [0.3, 0.4) is 0 Å². The Bertz CT molecular complexity index is 798. The summed E-state index contributed by atoms with van der Waals surface area (Å²) in [6.45, 7) is 1.50. The van der Waals surface area contributed by atoms with Crippen molar-refractivity contribution in [3.05, 3.63) is 69.9 Å². The lowest BCUT2D eigenvalue weighted by Crippen LogP contribution is -2.40. The van der Waals surface area contributed by atoms with Crippen molar-refractivity contribution in [1.82, 2.24) is 9.47 Å². The first-order chi connectivity index (χ1) is 12.0. The van der Waals surface area contributed by atoms with Gasteiger partial charge in [-0.3, -0.25) is 9.59 Å². The number of piperidine rings is 1. The normalized spacial score (nSPS) is 17.5. The number of hydrogen-bond donors (Lipinski definition) is 0. The molecule has 2 aromatic rings. The fraction of sp³-hybridized carbons (Fsp3) is 0.400. The first-order valence-corrected chi connectivity index (χ1v) is 8.73. The lowest BCUT2D eigenvalue weighted by atomic mass is 9.91. The summed E-state index contributed by atoms with van der Waals surface area (Å²) in [4.78, 5) is 26.1. The van der Waals surface area contributed by atoms with Crippen LogP contribution in [0.5, 0.6) is 0 Å². The Balaban J connectivity index is 1.60. The van der Waals surface area contributed by atoms with Gasteiger partial charge in [-0.25, -0.2) is 4.39 Å². The van der Waals surface area contributed by atoms with Crippen molar-refractivity contribution in [1.29, 1.82) is 0 Å². The molecule has 0 aliphatic carbocycles. The van der Waals surface area contributed by atoms with Crippen molar-refractivity contribution in [2.75, 3.05) is 13.1 Å². The highest BCUT2D eigenvalue weighted by molar-refractivity contribution is 5.94. The van der Waals surface area contributed by atoms with Gasteiger partial charge in [-0.15, -0.1) is 0 Å². The van der Waals surface area contributed by atoms with Gasteiger partial charge in [-0.2, -0.15) is 0 Å². The summed E-state index contributed by atoms with van der Waals surface area (Å²) < 4.78 is 14.4. The average molecular weight is 342 g/mol. The van der Waals surface area contributed by atoms with Crippen LogP contribution < -0.4 is 5.56 Å². The number of halogens is 1. The molecule has 132 valence electrons. The summed E-state index contributed by atoms with van der Waals surface area (Å²) in [6, 6.07) is 9.67. The fourth-order valence-electron chi connectivity index (χ4n) is 3.41. The van der Waals surface area contributed by atoms with Gasteiger partial charge < -0.3 is 9.47 Å². The van der Waals surface area contributed by atoms with E-state index < -0.39 is 0 Å². The van der Waals surface area contributed by atoms with E-state index in [2.05, 4.69) is 0 Å². The number of carbonyl (C=O) groups excluding carboxylic acids is 1. The van der Waals surface area contributed by atoms with Gasteiger partial charge in [-0.1, -0.05) is 12.1 Å². The van der Waals surface area contributed by atoms with Gasteiger partial charge >= 0.3 is 0 Å². The minimum absolute atomic E-state index is 0.0120. The largest absolute Gasteiger partial charge is 0.338 e. The average Bonchev–Trinajstić information content (AvgIpc) is 2.63. The van der Waals surface area contributed by atoms with Gasteiger partial charge in [0.2, 0.25) is 5.56 Å². The van der Waals surface area contributed by atoms with Crippen molar-refractivity contribution >= 4 is 5.91 Å². The topological polar surface area (TPSA) is 42.3 Å². The minimum Gasteiger partial charge on any atom is -0.338 e. The van der Waals surface area contributed by atoms with E-state index in [4.69, 9.17) is 0 Å². The zero-order chi connectivity index (χ0) is 17.8. The maximum absolute atomic E-state index is 13.0. The van der Waals surface area contributed by atoms with Crippen molar-refractivity contribution in [2.24, 2.45) is 13.0 Å². The van der Waals surface area contributed by atoms with Crippen LogP contribution in [0, 0.1) is 11.7 Å². The number of amides is 1. The molecule has 0 unspecified atom stereocenters. The lowest BCUT2D eigenvalue weighted by molar-refractivity contribution is 0.0667. The number of likely N-dealkylation sites (tertiary alicyclic amines) is 1. The molecular weight excluding hydrogens is 319 g/mol. The quantitative estimate of drug-likeness (QED) is 0.857. The zero-order valence-corrected chi connectivity index (χ0v) is 14.5. The highest BCUT2D eigenvalue weighted by atomic mass is 19.1. The standard InChI is InChI=1S/C20H23FN2O2/c1-22-14-17(8-11-19(22)24)20(25)23-12-2-3-16(13-23)5-4-15-6-9-18(21)10-7-15/h6-11,14,16H,2-5,12-13H2,1H3/t16-/m0/s1. The van der Waals surface area contributed by atoms with E-state index in [0.29, 0.717) is 11.5 Å². The van der Waals surface area contributed by atoms with Gasteiger partial charge in [0.15, 0.2) is 0 Å². The van der Waals surface area contributed by atoms with Crippen LogP contribution in [0.1, 0.15) is 35.2 Å². The molecule has 1 saturated heterocycles. The third kappa shape index (κ3) is 4.35. The van der Waals surface area contributed by atoms with E-state index >= 15 is 0 Å². The van der Waals surface area contributed by atoms with Crippen LogP contribution >= 0.6 is 0 Å². The fourth-order valence-corrected chi connectivity index (χ4v) is 3.41. The van der Waals surface area contributed by atoms with E-state index in [9.17, 15) is 14.0 Å². The second kappa shape index (κ2) is 7.64. The molecule has 1 aliphatic heterocycles. The van der Waals surface area contributed by atoms with E-state index in [-0.39, 0.29) is 17.3 Å². The van der Waals surface area contributed by atoms with Crippen molar-refractivity contribution < 1.29 is 9.18 Å². The van der Waals surface area contributed by atoms with Crippen molar-refractivity contribution in [3.63, 3.8) is 0 Å². The molecule has 5 heteroatoms. The number of pyridine rings is 1. The lowest BCUT2D eigenvalue weighted by Gasteiger charge is -2.33. The molecule has 1 aliphatic rings. The van der Waals surface area contributed by atoms with Crippen LogP contribution in [-0.2, 0) is 13.5 Å². The molecule has 1 aromatic heterocycles.